The fourth-order valence-electron chi connectivity index (χ4n) is 3.73. The molecule has 3 atom stereocenters. The van der Waals surface area contributed by atoms with Crippen LogP contribution in [-0.4, -0.2) is 25.4 Å². The molecule has 0 spiro atoms. The highest BCUT2D eigenvalue weighted by Crippen LogP contribution is 2.52. The van der Waals surface area contributed by atoms with Gasteiger partial charge in [-0.05, 0) is 37.1 Å². The average Bonchev–Trinajstić information content (AvgIpc) is 2.46. The van der Waals surface area contributed by atoms with Gasteiger partial charge in [-0.15, -0.1) is 0 Å². The summed E-state index contributed by atoms with van der Waals surface area (Å²) >= 11 is 0. The quantitative estimate of drug-likeness (QED) is 0.914. The second-order valence-electron chi connectivity index (χ2n) is 6.44. The van der Waals surface area contributed by atoms with E-state index in [0.29, 0.717) is 18.1 Å². The van der Waals surface area contributed by atoms with Crippen molar-refractivity contribution in [2.24, 2.45) is 11.3 Å². The lowest BCUT2D eigenvalue weighted by Gasteiger charge is -2.60. The number of hydrogen-bond acceptors (Lipinski definition) is 3. The number of fused-ring (bicyclic) bond motifs is 1. The smallest absolute Gasteiger partial charge is 0.387 e. The van der Waals surface area contributed by atoms with Gasteiger partial charge in [0.15, 0.2) is 0 Å². The van der Waals surface area contributed by atoms with Crippen LogP contribution in [0, 0.1) is 11.3 Å². The van der Waals surface area contributed by atoms with E-state index in [-0.39, 0.29) is 11.2 Å². The Balaban J connectivity index is 1.66. The minimum Gasteiger partial charge on any atom is -0.435 e. The van der Waals surface area contributed by atoms with Crippen molar-refractivity contribution in [3.05, 3.63) is 24.3 Å². The van der Waals surface area contributed by atoms with E-state index in [4.69, 9.17) is 4.74 Å². The Hall–Kier alpha value is -1.36. The van der Waals surface area contributed by atoms with Gasteiger partial charge in [-0.2, -0.15) is 8.78 Å². The van der Waals surface area contributed by atoms with Crippen LogP contribution >= 0.6 is 0 Å². The molecule has 3 nitrogen and oxygen atoms in total. The predicted octanol–water partition coefficient (Wildman–Crippen LogP) is 3.90. The first kappa shape index (κ1) is 14.6. The molecule has 0 aromatic heterocycles. The van der Waals surface area contributed by atoms with Crippen LogP contribution in [0.25, 0.3) is 0 Å². The van der Waals surface area contributed by atoms with Crippen LogP contribution < -0.4 is 10.1 Å². The maximum absolute atomic E-state index is 12.1. The zero-order valence-electron chi connectivity index (χ0n) is 12.3. The lowest BCUT2D eigenvalue weighted by atomic mass is 9.55. The minimum atomic E-state index is -2.78. The Morgan fingerprint density at radius 2 is 2.00 bits per heavy atom. The summed E-state index contributed by atoms with van der Waals surface area (Å²) in [6.45, 7) is 2.50. The van der Waals surface area contributed by atoms with Crippen molar-refractivity contribution in [3.63, 3.8) is 0 Å². The van der Waals surface area contributed by atoms with Gasteiger partial charge in [0.05, 0.1) is 6.10 Å². The predicted molar refractivity (Wildman–Crippen MR) is 76.7 cm³/mol. The molecule has 2 aliphatic rings. The van der Waals surface area contributed by atoms with Gasteiger partial charge >= 0.3 is 6.61 Å². The largest absolute Gasteiger partial charge is 0.435 e. The zero-order valence-corrected chi connectivity index (χ0v) is 12.3. The van der Waals surface area contributed by atoms with Crippen molar-refractivity contribution in [1.29, 1.82) is 0 Å². The fourth-order valence-corrected chi connectivity index (χ4v) is 3.73. The number of anilines is 1. The highest BCUT2D eigenvalue weighted by Gasteiger charge is 2.57. The summed E-state index contributed by atoms with van der Waals surface area (Å²) in [6, 6.07) is 7.05. The second-order valence-corrected chi connectivity index (χ2v) is 6.44. The van der Waals surface area contributed by atoms with Crippen LogP contribution in [0.5, 0.6) is 5.75 Å². The van der Waals surface area contributed by atoms with Gasteiger partial charge in [0, 0.05) is 29.7 Å². The topological polar surface area (TPSA) is 30.5 Å². The van der Waals surface area contributed by atoms with Crippen LogP contribution in [0.3, 0.4) is 0 Å². The van der Waals surface area contributed by atoms with Gasteiger partial charge in [0.25, 0.3) is 0 Å². The van der Waals surface area contributed by atoms with Crippen LogP contribution in [0.2, 0.25) is 0 Å². The normalized spacial score (nSPS) is 30.4. The van der Waals surface area contributed by atoms with Crippen molar-refractivity contribution in [3.8, 4) is 5.75 Å². The minimum absolute atomic E-state index is 0.0865. The summed E-state index contributed by atoms with van der Waals surface area (Å²) in [5.41, 5.74) is 1.02. The summed E-state index contributed by atoms with van der Waals surface area (Å²) in [7, 11) is 0. The van der Waals surface area contributed by atoms with E-state index in [2.05, 4.69) is 23.9 Å². The van der Waals surface area contributed by atoms with Crippen LogP contribution in [-0.2, 0) is 4.74 Å². The maximum atomic E-state index is 12.1. The molecule has 3 rings (SSSR count). The molecular weight excluding hydrogens is 276 g/mol. The molecule has 5 heteroatoms. The number of benzene rings is 1. The molecule has 1 aromatic rings. The number of halogens is 2. The van der Waals surface area contributed by atoms with Gasteiger partial charge in [-0.3, -0.25) is 0 Å². The summed E-state index contributed by atoms with van der Waals surface area (Å²) in [5.74, 6) is 0.716. The molecule has 0 amide bonds. The molecule has 3 unspecified atom stereocenters. The Morgan fingerprint density at radius 3 is 2.67 bits per heavy atom. The summed E-state index contributed by atoms with van der Waals surface area (Å²) in [5, 5.41) is 3.53. The Kier molecular flexibility index (Phi) is 3.78. The van der Waals surface area contributed by atoms with E-state index in [1.54, 1.807) is 24.3 Å². The van der Waals surface area contributed by atoms with Crippen molar-refractivity contribution in [1.82, 2.24) is 0 Å². The van der Waals surface area contributed by atoms with Crippen LogP contribution in [0.15, 0.2) is 24.3 Å². The molecule has 1 heterocycles. The molecule has 2 fully saturated rings. The number of ether oxygens (including phenoxy) is 2. The van der Waals surface area contributed by atoms with E-state index in [9.17, 15) is 8.78 Å². The maximum Gasteiger partial charge on any atom is 0.387 e. The Morgan fingerprint density at radius 1 is 1.29 bits per heavy atom. The first-order valence-corrected chi connectivity index (χ1v) is 7.41. The van der Waals surface area contributed by atoms with Gasteiger partial charge in [0.2, 0.25) is 0 Å². The summed E-state index contributed by atoms with van der Waals surface area (Å²) in [6.07, 6.45) is 2.61. The number of hydrogen-bond donors (Lipinski definition) is 1. The second kappa shape index (κ2) is 5.44. The number of nitrogens with one attached hydrogen (secondary N) is 1. The molecule has 21 heavy (non-hydrogen) atoms. The molecule has 1 saturated heterocycles. The molecule has 116 valence electrons. The fraction of sp³-hybridized carbons (Fsp3) is 0.625. The lowest BCUT2D eigenvalue weighted by molar-refractivity contribution is -0.177. The van der Waals surface area contributed by atoms with Gasteiger partial charge < -0.3 is 14.8 Å². The highest BCUT2D eigenvalue weighted by atomic mass is 19.3. The SMILES string of the molecule is CC1(C)C(Nc2ccc(OC(F)F)cc2)C2CCCOC21. The summed E-state index contributed by atoms with van der Waals surface area (Å²) in [4.78, 5) is 0. The Labute approximate surface area is 123 Å². The third kappa shape index (κ3) is 2.71. The molecule has 1 aliphatic heterocycles. The third-order valence-corrected chi connectivity index (χ3v) is 4.73. The van der Waals surface area contributed by atoms with Crippen LogP contribution in [0.1, 0.15) is 26.7 Å². The molecule has 1 saturated carbocycles. The van der Waals surface area contributed by atoms with E-state index < -0.39 is 6.61 Å². The standard InChI is InChI=1S/C16H21F2NO2/c1-16(2)13(12-4-3-9-20-14(12)16)19-10-5-7-11(8-6-10)21-15(17)18/h5-8,12-15,19H,3-4,9H2,1-2H3. The Bertz CT molecular complexity index is 490. The van der Waals surface area contributed by atoms with Crippen molar-refractivity contribution >= 4 is 5.69 Å². The molecule has 1 N–H and O–H groups in total. The average molecular weight is 297 g/mol. The molecular formula is C16H21F2NO2. The number of rotatable bonds is 4. The first-order valence-electron chi connectivity index (χ1n) is 7.41. The van der Waals surface area contributed by atoms with Crippen molar-refractivity contribution in [2.45, 2.75) is 45.4 Å². The van der Waals surface area contributed by atoms with Gasteiger partial charge in [-0.25, -0.2) is 0 Å². The van der Waals surface area contributed by atoms with E-state index in [0.717, 1.165) is 18.7 Å². The highest BCUT2D eigenvalue weighted by molar-refractivity contribution is 5.48. The molecule has 1 aliphatic carbocycles. The van der Waals surface area contributed by atoms with E-state index >= 15 is 0 Å². The summed E-state index contributed by atoms with van der Waals surface area (Å²) < 4.78 is 34.5. The molecule has 1 aromatic carbocycles. The lowest BCUT2D eigenvalue weighted by Crippen LogP contribution is -2.67. The first-order chi connectivity index (χ1) is 9.98. The van der Waals surface area contributed by atoms with Crippen molar-refractivity contribution < 1.29 is 18.3 Å². The van der Waals surface area contributed by atoms with E-state index in [1.807, 2.05) is 0 Å². The van der Waals surface area contributed by atoms with Crippen LogP contribution in [0.4, 0.5) is 14.5 Å². The molecule has 0 radical (unpaired) electrons. The van der Waals surface area contributed by atoms with Gasteiger partial charge in [-0.1, -0.05) is 13.8 Å². The molecule has 0 bridgehead atoms. The van der Waals surface area contributed by atoms with E-state index in [1.165, 1.54) is 6.42 Å². The third-order valence-electron chi connectivity index (χ3n) is 4.73. The van der Waals surface area contributed by atoms with Crippen molar-refractivity contribution in [2.75, 3.05) is 11.9 Å². The zero-order chi connectivity index (χ0) is 15.0. The van der Waals surface area contributed by atoms with Gasteiger partial charge in [0.1, 0.15) is 5.75 Å². The number of alkyl halides is 2. The monoisotopic (exact) mass is 297 g/mol.